The molecule has 0 aliphatic heterocycles. The van der Waals surface area contributed by atoms with Crippen molar-refractivity contribution in [3.05, 3.63) is 51.9 Å². The molecule has 0 amide bonds. The molecule has 0 aliphatic carbocycles. The van der Waals surface area contributed by atoms with Crippen LogP contribution in [0.5, 0.6) is 0 Å². The van der Waals surface area contributed by atoms with Gasteiger partial charge in [0.25, 0.3) is 10.1 Å². The fourth-order valence-corrected chi connectivity index (χ4v) is 3.22. The molecule has 1 aromatic heterocycles. The normalized spacial score (nSPS) is 13.3. The summed E-state index contributed by atoms with van der Waals surface area (Å²) in [5.74, 6) is 0. The first-order valence-electron chi connectivity index (χ1n) is 6.32. The second-order valence-electron chi connectivity index (χ2n) is 4.73. The van der Waals surface area contributed by atoms with Crippen LogP contribution < -0.4 is 0 Å². The highest BCUT2D eigenvalue weighted by Gasteiger charge is 2.17. The van der Waals surface area contributed by atoms with Crippen LogP contribution in [-0.2, 0) is 20.8 Å². The smallest absolute Gasteiger partial charge is 0.297 e. The molecule has 114 valence electrons. The van der Waals surface area contributed by atoms with Gasteiger partial charge < -0.3 is 9.67 Å². The summed E-state index contributed by atoms with van der Waals surface area (Å²) in [6.07, 6.45) is 2.78. The fraction of sp³-hybridized carbons (Fsp3) is 0.286. The predicted molar refractivity (Wildman–Crippen MR) is 87.5 cm³/mol. The van der Waals surface area contributed by atoms with E-state index in [-0.39, 0.29) is 18.0 Å². The van der Waals surface area contributed by atoms with E-state index in [1.807, 2.05) is 25.4 Å². The second-order valence-corrected chi connectivity index (χ2v) is 7.59. The zero-order valence-electron chi connectivity index (χ0n) is 11.4. The lowest BCUT2D eigenvalue weighted by molar-refractivity contribution is 0.0954. The van der Waals surface area contributed by atoms with E-state index in [4.69, 9.17) is 4.18 Å². The summed E-state index contributed by atoms with van der Waals surface area (Å²) in [5, 5.41) is 9.85. The van der Waals surface area contributed by atoms with E-state index < -0.39 is 16.2 Å². The van der Waals surface area contributed by atoms with Gasteiger partial charge in [-0.15, -0.1) is 0 Å². The zero-order valence-corrected chi connectivity index (χ0v) is 14.4. The minimum absolute atomic E-state index is 0.0933. The Labute approximate surface area is 137 Å². The quantitative estimate of drug-likeness (QED) is 0.574. The summed E-state index contributed by atoms with van der Waals surface area (Å²) in [6.45, 7) is 1.89. The highest BCUT2D eigenvalue weighted by Crippen LogP contribution is 2.14. The van der Waals surface area contributed by atoms with Gasteiger partial charge in [-0.2, -0.15) is 8.42 Å². The van der Waals surface area contributed by atoms with E-state index in [9.17, 15) is 13.5 Å². The van der Waals surface area contributed by atoms with Gasteiger partial charge in [0.05, 0.1) is 24.2 Å². The molecule has 1 aromatic carbocycles. The molecule has 1 unspecified atom stereocenters. The molecule has 0 radical (unpaired) electrons. The maximum absolute atomic E-state index is 12.0. The number of nitrogens with zero attached hydrogens (tertiary/aromatic N) is 1. The third kappa shape index (κ3) is 4.80. The third-order valence-electron chi connectivity index (χ3n) is 2.86. The van der Waals surface area contributed by atoms with Gasteiger partial charge in [0.1, 0.15) is 0 Å². The summed E-state index contributed by atoms with van der Waals surface area (Å²) in [4.78, 5) is 0.0933. The average Bonchev–Trinajstić information content (AvgIpc) is 2.82. The molecule has 5 nitrogen and oxygen atoms in total. The Hall–Kier alpha value is -0.900. The van der Waals surface area contributed by atoms with Gasteiger partial charge in [0.2, 0.25) is 0 Å². The largest absolute Gasteiger partial charge is 0.389 e. The highest BCUT2D eigenvalue weighted by atomic mass is 127. The number of hydrogen-bond donors (Lipinski definition) is 1. The third-order valence-corrected chi connectivity index (χ3v) is 4.80. The van der Waals surface area contributed by atoms with Gasteiger partial charge in [0, 0.05) is 16.0 Å². The molecule has 0 aliphatic rings. The fourth-order valence-electron chi connectivity index (χ4n) is 1.76. The minimum Gasteiger partial charge on any atom is -0.389 e. The molecular weight excluding hydrogens is 405 g/mol. The molecule has 1 heterocycles. The van der Waals surface area contributed by atoms with Gasteiger partial charge in [-0.1, -0.05) is 17.7 Å². The van der Waals surface area contributed by atoms with E-state index in [0.717, 1.165) is 9.13 Å². The lowest BCUT2D eigenvalue weighted by atomic mass is 10.2. The van der Waals surface area contributed by atoms with Crippen LogP contribution >= 0.6 is 22.6 Å². The molecule has 1 N–H and O–H groups in total. The monoisotopic (exact) mass is 421 g/mol. The Kier molecular flexibility index (Phi) is 5.42. The molecule has 1 atom stereocenters. The van der Waals surface area contributed by atoms with Crippen LogP contribution in [0.1, 0.15) is 5.56 Å². The number of benzene rings is 1. The lowest BCUT2D eigenvalue weighted by Crippen LogP contribution is -2.23. The summed E-state index contributed by atoms with van der Waals surface area (Å²) < 4.78 is 31.7. The van der Waals surface area contributed by atoms with Crippen molar-refractivity contribution in [2.45, 2.75) is 24.5 Å². The maximum atomic E-state index is 12.0. The van der Waals surface area contributed by atoms with Crippen molar-refractivity contribution >= 4 is 32.7 Å². The second kappa shape index (κ2) is 6.91. The van der Waals surface area contributed by atoms with E-state index >= 15 is 0 Å². The average molecular weight is 421 g/mol. The standard InChI is InChI=1S/C14H16INO4S/c1-11-2-4-14(5-3-11)21(18,19)20-10-13(17)9-16-7-6-12(15)8-16/h2-8,13,17H,9-10H2,1H3. The van der Waals surface area contributed by atoms with Crippen molar-refractivity contribution in [3.63, 3.8) is 0 Å². The first-order valence-corrected chi connectivity index (χ1v) is 8.81. The number of aromatic nitrogens is 1. The number of aliphatic hydroxyl groups is 1. The summed E-state index contributed by atoms with van der Waals surface area (Å²) in [6, 6.07) is 8.29. The van der Waals surface area contributed by atoms with Gasteiger partial charge in [-0.25, -0.2) is 0 Å². The number of aliphatic hydroxyl groups excluding tert-OH is 1. The van der Waals surface area contributed by atoms with Gasteiger partial charge in [-0.05, 0) is 47.7 Å². The SMILES string of the molecule is Cc1ccc(S(=O)(=O)OCC(O)Cn2ccc(I)c2)cc1. The van der Waals surface area contributed by atoms with E-state index in [2.05, 4.69) is 22.6 Å². The molecule has 0 saturated carbocycles. The maximum Gasteiger partial charge on any atom is 0.297 e. The molecule has 21 heavy (non-hydrogen) atoms. The van der Waals surface area contributed by atoms with E-state index in [1.165, 1.54) is 12.1 Å². The lowest BCUT2D eigenvalue weighted by Gasteiger charge is -2.12. The van der Waals surface area contributed by atoms with Crippen LogP contribution in [0.4, 0.5) is 0 Å². The van der Waals surface area contributed by atoms with Crippen molar-refractivity contribution in [2.24, 2.45) is 0 Å². The summed E-state index contributed by atoms with van der Waals surface area (Å²) in [7, 11) is -3.83. The molecule has 2 aromatic rings. The van der Waals surface area contributed by atoms with Crippen LogP contribution in [0.25, 0.3) is 0 Å². The number of hydrogen-bond acceptors (Lipinski definition) is 4. The van der Waals surface area contributed by atoms with Crippen molar-refractivity contribution in [1.29, 1.82) is 0 Å². The van der Waals surface area contributed by atoms with Crippen molar-refractivity contribution in [2.75, 3.05) is 6.61 Å². The zero-order chi connectivity index (χ0) is 15.5. The molecule has 0 spiro atoms. The van der Waals surface area contributed by atoms with Crippen LogP contribution in [0.2, 0.25) is 0 Å². The Morgan fingerprint density at radius 1 is 1.29 bits per heavy atom. The molecular formula is C14H16INO4S. The topological polar surface area (TPSA) is 68.5 Å². The van der Waals surface area contributed by atoms with Crippen LogP contribution in [-0.4, -0.2) is 30.8 Å². The van der Waals surface area contributed by atoms with Gasteiger partial charge in [0.15, 0.2) is 0 Å². The van der Waals surface area contributed by atoms with E-state index in [0.29, 0.717) is 0 Å². The Balaban J connectivity index is 1.93. The first kappa shape index (κ1) is 16.5. The summed E-state index contributed by atoms with van der Waals surface area (Å²) in [5.41, 5.74) is 0.969. The van der Waals surface area contributed by atoms with Crippen LogP contribution in [0.15, 0.2) is 47.6 Å². The van der Waals surface area contributed by atoms with Crippen molar-refractivity contribution in [1.82, 2.24) is 4.57 Å². The van der Waals surface area contributed by atoms with E-state index in [1.54, 1.807) is 16.7 Å². The predicted octanol–water partition coefficient (Wildman–Crippen LogP) is 2.17. The Morgan fingerprint density at radius 3 is 2.52 bits per heavy atom. The highest BCUT2D eigenvalue weighted by molar-refractivity contribution is 14.1. The van der Waals surface area contributed by atoms with Crippen LogP contribution in [0.3, 0.4) is 0 Å². The Bertz CT molecular complexity index is 694. The van der Waals surface area contributed by atoms with Crippen molar-refractivity contribution in [3.8, 4) is 0 Å². The van der Waals surface area contributed by atoms with Crippen molar-refractivity contribution < 1.29 is 17.7 Å². The molecule has 0 saturated heterocycles. The first-order chi connectivity index (χ1) is 9.87. The molecule has 0 fully saturated rings. The molecule has 7 heteroatoms. The molecule has 2 rings (SSSR count). The Morgan fingerprint density at radius 2 is 1.95 bits per heavy atom. The van der Waals surface area contributed by atoms with Gasteiger partial charge >= 0.3 is 0 Å². The summed E-state index contributed by atoms with van der Waals surface area (Å²) >= 11 is 2.16. The number of halogens is 1. The minimum atomic E-state index is -3.83. The van der Waals surface area contributed by atoms with Crippen LogP contribution in [0, 0.1) is 10.5 Å². The number of rotatable bonds is 6. The number of aryl methyl sites for hydroxylation is 1. The molecule has 0 bridgehead atoms. The van der Waals surface area contributed by atoms with Gasteiger partial charge in [-0.3, -0.25) is 4.18 Å².